The molecular formula is C18H18FN3O3S. The van der Waals surface area contributed by atoms with Gasteiger partial charge in [-0.05, 0) is 42.0 Å². The lowest BCUT2D eigenvalue weighted by Crippen LogP contribution is -2.32. The molecule has 0 heterocycles. The summed E-state index contributed by atoms with van der Waals surface area (Å²) in [5, 5.41) is 8.89. The smallest absolute Gasteiger partial charge is 0.240 e. The third kappa shape index (κ3) is 5.37. The predicted molar refractivity (Wildman–Crippen MR) is 93.8 cm³/mol. The summed E-state index contributed by atoms with van der Waals surface area (Å²) in [7, 11) is -2.18. The average molecular weight is 375 g/mol. The van der Waals surface area contributed by atoms with Crippen molar-refractivity contribution < 1.29 is 17.6 Å². The molecule has 0 aliphatic heterocycles. The van der Waals surface area contributed by atoms with Crippen molar-refractivity contribution in [1.29, 1.82) is 5.26 Å². The first-order valence-corrected chi connectivity index (χ1v) is 9.28. The number of halogens is 1. The summed E-state index contributed by atoms with van der Waals surface area (Å²) in [6, 6.07) is 13.4. The summed E-state index contributed by atoms with van der Waals surface area (Å²) in [4.78, 5) is 13.5. The van der Waals surface area contributed by atoms with Crippen LogP contribution in [0.2, 0.25) is 0 Å². The second-order valence-corrected chi connectivity index (χ2v) is 7.43. The van der Waals surface area contributed by atoms with Crippen LogP contribution >= 0.6 is 0 Å². The van der Waals surface area contributed by atoms with Gasteiger partial charge in [-0.15, -0.1) is 0 Å². The molecular weight excluding hydrogens is 357 g/mol. The summed E-state index contributed by atoms with van der Waals surface area (Å²) in [5.41, 5.74) is 1.32. The van der Waals surface area contributed by atoms with Gasteiger partial charge in [-0.1, -0.05) is 12.1 Å². The fraction of sp³-hybridized carbons (Fsp3) is 0.222. The van der Waals surface area contributed by atoms with Gasteiger partial charge in [-0.25, -0.2) is 17.5 Å². The number of sulfonamides is 1. The summed E-state index contributed by atoms with van der Waals surface area (Å²) < 4.78 is 39.3. The Morgan fingerprint density at radius 2 is 1.92 bits per heavy atom. The maximum atomic E-state index is 12.9. The molecule has 0 aromatic heterocycles. The van der Waals surface area contributed by atoms with Crippen molar-refractivity contribution >= 4 is 15.9 Å². The van der Waals surface area contributed by atoms with Crippen molar-refractivity contribution in [3.05, 3.63) is 65.5 Å². The van der Waals surface area contributed by atoms with Gasteiger partial charge in [-0.2, -0.15) is 5.26 Å². The average Bonchev–Trinajstić information content (AvgIpc) is 2.62. The molecule has 1 N–H and O–H groups in total. The molecule has 0 spiro atoms. The van der Waals surface area contributed by atoms with E-state index in [4.69, 9.17) is 5.26 Å². The van der Waals surface area contributed by atoms with Crippen LogP contribution in [0.15, 0.2) is 53.4 Å². The van der Waals surface area contributed by atoms with Crippen LogP contribution in [-0.4, -0.2) is 32.8 Å². The van der Waals surface area contributed by atoms with Gasteiger partial charge in [0.05, 0.1) is 16.5 Å². The molecule has 6 nitrogen and oxygen atoms in total. The Labute approximate surface area is 151 Å². The molecule has 0 bridgehead atoms. The van der Waals surface area contributed by atoms with Crippen LogP contribution in [0.3, 0.4) is 0 Å². The van der Waals surface area contributed by atoms with Crippen LogP contribution in [0.5, 0.6) is 0 Å². The highest BCUT2D eigenvalue weighted by Crippen LogP contribution is 2.10. The molecule has 8 heteroatoms. The SMILES string of the molecule is CN(Cc1cccc(C#N)c1)C(=O)CCNS(=O)(=O)c1ccc(F)cc1. The molecule has 2 aromatic carbocycles. The van der Waals surface area contributed by atoms with Gasteiger partial charge in [0.2, 0.25) is 15.9 Å². The number of hydrogen-bond acceptors (Lipinski definition) is 4. The Hall–Kier alpha value is -2.76. The zero-order chi connectivity index (χ0) is 19.2. The van der Waals surface area contributed by atoms with E-state index in [1.807, 2.05) is 12.1 Å². The molecule has 0 fully saturated rings. The second kappa shape index (κ2) is 8.56. The first-order chi connectivity index (χ1) is 12.3. The van der Waals surface area contributed by atoms with Crippen molar-refractivity contribution in [3.8, 4) is 6.07 Å². The van der Waals surface area contributed by atoms with Crippen LogP contribution in [0, 0.1) is 17.1 Å². The molecule has 0 saturated carbocycles. The predicted octanol–water partition coefficient (Wildman–Crippen LogP) is 2.02. The zero-order valence-electron chi connectivity index (χ0n) is 14.1. The largest absolute Gasteiger partial charge is 0.341 e. The fourth-order valence-electron chi connectivity index (χ4n) is 2.28. The first-order valence-electron chi connectivity index (χ1n) is 7.80. The maximum Gasteiger partial charge on any atom is 0.240 e. The number of benzene rings is 2. The number of nitriles is 1. The molecule has 0 aliphatic rings. The Kier molecular flexibility index (Phi) is 6.44. The van der Waals surface area contributed by atoms with Crippen LogP contribution in [0.4, 0.5) is 4.39 Å². The van der Waals surface area contributed by atoms with Gasteiger partial charge in [0, 0.05) is 26.6 Å². The second-order valence-electron chi connectivity index (χ2n) is 5.66. The van der Waals surface area contributed by atoms with Crippen LogP contribution in [0.25, 0.3) is 0 Å². The molecule has 0 radical (unpaired) electrons. The van der Waals surface area contributed by atoms with E-state index in [2.05, 4.69) is 4.72 Å². The number of nitrogens with zero attached hydrogens (tertiary/aromatic N) is 2. The quantitative estimate of drug-likeness (QED) is 0.802. The molecule has 2 aromatic rings. The Bertz CT molecular complexity index is 921. The van der Waals surface area contributed by atoms with Gasteiger partial charge in [0.1, 0.15) is 5.82 Å². The van der Waals surface area contributed by atoms with E-state index in [9.17, 15) is 17.6 Å². The molecule has 0 aliphatic carbocycles. The third-order valence-electron chi connectivity index (χ3n) is 3.66. The summed E-state index contributed by atoms with van der Waals surface area (Å²) >= 11 is 0. The monoisotopic (exact) mass is 375 g/mol. The maximum absolute atomic E-state index is 12.9. The molecule has 0 atom stereocenters. The topological polar surface area (TPSA) is 90.3 Å². The Morgan fingerprint density at radius 3 is 2.58 bits per heavy atom. The molecule has 136 valence electrons. The van der Waals surface area contributed by atoms with Gasteiger partial charge >= 0.3 is 0 Å². The lowest BCUT2D eigenvalue weighted by Gasteiger charge is -2.17. The number of nitrogens with one attached hydrogen (secondary N) is 1. The van der Waals surface area contributed by atoms with Crippen molar-refractivity contribution in [2.45, 2.75) is 17.9 Å². The van der Waals surface area contributed by atoms with Crippen molar-refractivity contribution in [1.82, 2.24) is 9.62 Å². The van der Waals surface area contributed by atoms with E-state index in [-0.39, 0.29) is 23.8 Å². The Balaban J connectivity index is 1.87. The molecule has 1 amide bonds. The summed E-state index contributed by atoms with van der Waals surface area (Å²) in [6.45, 7) is 0.250. The summed E-state index contributed by atoms with van der Waals surface area (Å²) in [5.74, 6) is -0.768. The van der Waals surface area contributed by atoms with E-state index in [0.29, 0.717) is 12.1 Å². The molecule has 2 rings (SSSR count). The van der Waals surface area contributed by atoms with E-state index in [0.717, 1.165) is 29.8 Å². The first kappa shape index (κ1) is 19.6. The van der Waals surface area contributed by atoms with E-state index >= 15 is 0 Å². The van der Waals surface area contributed by atoms with Crippen LogP contribution in [0.1, 0.15) is 17.5 Å². The zero-order valence-corrected chi connectivity index (χ0v) is 15.0. The van der Waals surface area contributed by atoms with Gasteiger partial charge in [0.15, 0.2) is 0 Å². The van der Waals surface area contributed by atoms with Crippen molar-refractivity contribution in [2.75, 3.05) is 13.6 Å². The minimum Gasteiger partial charge on any atom is -0.341 e. The van der Waals surface area contributed by atoms with E-state index < -0.39 is 15.8 Å². The number of hydrogen-bond donors (Lipinski definition) is 1. The van der Waals surface area contributed by atoms with Crippen molar-refractivity contribution in [3.63, 3.8) is 0 Å². The summed E-state index contributed by atoms with van der Waals surface area (Å²) in [6.07, 6.45) is -0.0190. The number of amides is 1. The highest BCUT2D eigenvalue weighted by Gasteiger charge is 2.15. The minimum absolute atomic E-state index is 0.0190. The normalized spacial score (nSPS) is 11.0. The number of rotatable bonds is 7. The van der Waals surface area contributed by atoms with Crippen LogP contribution < -0.4 is 4.72 Å². The van der Waals surface area contributed by atoms with Crippen LogP contribution in [-0.2, 0) is 21.4 Å². The number of carbonyl (C=O) groups is 1. The van der Waals surface area contributed by atoms with Gasteiger partial charge < -0.3 is 4.90 Å². The minimum atomic E-state index is -3.79. The lowest BCUT2D eigenvalue weighted by atomic mass is 10.1. The van der Waals surface area contributed by atoms with Crippen molar-refractivity contribution in [2.24, 2.45) is 0 Å². The highest BCUT2D eigenvalue weighted by molar-refractivity contribution is 7.89. The molecule has 0 unspecified atom stereocenters. The molecule has 0 saturated heterocycles. The highest BCUT2D eigenvalue weighted by atomic mass is 32.2. The third-order valence-corrected chi connectivity index (χ3v) is 5.13. The van der Waals surface area contributed by atoms with Gasteiger partial charge in [-0.3, -0.25) is 4.79 Å². The standard InChI is InChI=1S/C18H18FN3O3S/c1-22(13-15-4-2-3-14(11-15)12-20)18(23)9-10-21-26(24,25)17-7-5-16(19)6-8-17/h2-8,11,21H,9-10,13H2,1H3. The Morgan fingerprint density at radius 1 is 1.23 bits per heavy atom. The van der Waals surface area contributed by atoms with E-state index in [1.54, 1.807) is 25.2 Å². The number of carbonyl (C=O) groups excluding carboxylic acids is 1. The fourth-order valence-corrected chi connectivity index (χ4v) is 3.31. The van der Waals surface area contributed by atoms with E-state index in [1.165, 1.54) is 4.90 Å². The van der Waals surface area contributed by atoms with Gasteiger partial charge in [0.25, 0.3) is 0 Å². The molecule has 26 heavy (non-hydrogen) atoms. The lowest BCUT2D eigenvalue weighted by molar-refractivity contribution is -0.130.